The Morgan fingerprint density at radius 2 is 2.27 bits per heavy atom. The van der Waals surface area contributed by atoms with Crippen LogP contribution in [0.4, 0.5) is 5.69 Å². The number of amides is 1. The summed E-state index contributed by atoms with van der Waals surface area (Å²) >= 11 is 7.41. The van der Waals surface area contributed by atoms with E-state index in [2.05, 4.69) is 19.8 Å². The maximum Gasteiger partial charge on any atom is 0.265 e. The van der Waals surface area contributed by atoms with E-state index in [9.17, 15) is 4.79 Å². The number of aryl methyl sites for hydroxylation is 1. The molecule has 1 fully saturated rings. The number of hydrogen-bond acceptors (Lipinski definition) is 5. The predicted molar refractivity (Wildman–Crippen MR) is 88.8 cm³/mol. The zero-order valence-corrected chi connectivity index (χ0v) is 13.8. The van der Waals surface area contributed by atoms with Crippen LogP contribution in [-0.2, 0) is 0 Å². The summed E-state index contributed by atoms with van der Waals surface area (Å²) in [6.45, 7) is 3.52. The minimum Gasteiger partial charge on any atom is -0.368 e. The Balaban J connectivity index is 1.68. The largest absolute Gasteiger partial charge is 0.368 e. The summed E-state index contributed by atoms with van der Waals surface area (Å²) in [6, 6.07) is 7.93. The molecule has 2 aromatic rings. The number of piperidine rings is 1. The summed E-state index contributed by atoms with van der Waals surface area (Å²) in [5.41, 5.74) is 1.71. The highest BCUT2D eigenvalue weighted by atomic mass is 35.5. The Hall–Kier alpha value is -1.66. The van der Waals surface area contributed by atoms with Gasteiger partial charge in [0.05, 0.1) is 16.4 Å². The van der Waals surface area contributed by atoms with Gasteiger partial charge in [-0.3, -0.25) is 4.79 Å². The molecular formula is C15H17ClN4OS. The maximum absolute atomic E-state index is 12.3. The monoisotopic (exact) mass is 336 g/mol. The molecule has 0 spiro atoms. The fraction of sp³-hybridized carbons (Fsp3) is 0.400. The summed E-state index contributed by atoms with van der Waals surface area (Å²) < 4.78 is 3.81. The number of hydrogen-bond donors (Lipinski definition) is 1. The number of para-hydroxylation sites is 1. The highest BCUT2D eigenvalue weighted by molar-refractivity contribution is 7.08. The number of rotatable bonds is 3. The van der Waals surface area contributed by atoms with Crippen LogP contribution in [0.15, 0.2) is 24.3 Å². The molecule has 1 N–H and O–H groups in total. The number of carbonyl (C=O) groups is 1. The van der Waals surface area contributed by atoms with Crippen LogP contribution in [0, 0.1) is 6.92 Å². The maximum atomic E-state index is 12.3. The molecule has 1 aromatic heterocycles. The first-order chi connectivity index (χ1) is 10.6. The Morgan fingerprint density at radius 1 is 1.45 bits per heavy atom. The van der Waals surface area contributed by atoms with E-state index in [1.54, 1.807) is 6.92 Å². The average molecular weight is 337 g/mol. The van der Waals surface area contributed by atoms with Crippen molar-refractivity contribution in [3.63, 3.8) is 0 Å². The second-order valence-electron chi connectivity index (χ2n) is 5.40. The minimum atomic E-state index is -0.0847. The lowest BCUT2D eigenvalue weighted by molar-refractivity contribution is 0.0936. The van der Waals surface area contributed by atoms with Crippen molar-refractivity contribution in [2.75, 3.05) is 18.0 Å². The van der Waals surface area contributed by atoms with Crippen molar-refractivity contribution in [3.8, 4) is 0 Å². The normalized spacial score (nSPS) is 18.3. The van der Waals surface area contributed by atoms with Gasteiger partial charge in [0.25, 0.3) is 5.91 Å². The summed E-state index contributed by atoms with van der Waals surface area (Å²) in [7, 11) is 0. The predicted octanol–water partition coefficient (Wildman–Crippen LogP) is 2.90. The first-order valence-corrected chi connectivity index (χ1v) is 8.39. The highest BCUT2D eigenvalue weighted by Crippen LogP contribution is 2.27. The molecule has 2 heterocycles. The molecule has 1 amide bonds. The van der Waals surface area contributed by atoms with Crippen molar-refractivity contribution in [2.45, 2.75) is 25.8 Å². The molecular weight excluding hydrogens is 320 g/mol. The Morgan fingerprint density at radius 3 is 3.00 bits per heavy atom. The van der Waals surface area contributed by atoms with Gasteiger partial charge in [0.15, 0.2) is 0 Å². The molecule has 5 nitrogen and oxygen atoms in total. The van der Waals surface area contributed by atoms with Gasteiger partial charge in [0, 0.05) is 19.1 Å². The van der Waals surface area contributed by atoms with Crippen molar-refractivity contribution < 1.29 is 4.79 Å². The molecule has 0 bridgehead atoms. The van der Waals surface area contributed by atoms with Crippen LogP contribution >= 0.6 is 23.1 Å². The van der Waals surface area contributed by atoms with Gasteiger partial charge in [-0.15, -0.1) is 5.10 Å². The van der Waals surface area contributed by atoms with E-state index in [1.807, 2.05) is 24.3 Å². The summed E-state index contributed by atoms with van der Waals surface area (Å²) in [5.74, 6) is -0.0847. The van der Waals surface area contributed by atoms with Gasteiger partial charge in [-0.1, -0.05) is 28.2 Å². The standard InChI is InChI=1S/C15H17ClN4OS/c1-10-14(22-19-18-10)15(21)17-11-5-4-8-20(9-11)13-7-3-2-6-12(13)16/h2-3,6-7,11H,4-5,8-9H2,1H3,(H,17,21)/t11-/m0/s1. The second-order valence-corrected chi connectivity index (χ2v) is 6.56. The molecule has 3 rings (SSSR count). The molecule has 116 valence electrons. The van der Waals surface area contributed by atoms with E-state index in [1.165, 1.54) is 0 Å². The smallest absolute Gasteiger partial charge is 0.265 e. The highest BCUT2D eigenvalue weighted by Gasteiger charge is 2.24. The Labute approximate surface area is 138 Å². The Kier molecular flexibility index (Phi) is 4.59. The van der Waals surface area contributed by atoms with Crippen molar-refractivity contribution in [2.24, 2.45) is 0 Å². The quantitative estimate of drug-likeness (QED) is 0.936. The number of nitrogens with one attached hydrogen (secondary N) is 1. The molecule has 1 aliphatic heterocycles. The number of halogens is 1. The number of anilines is 1. The zero-order valence-electron chi connectivity index (χ0n) is 12.3. The van der Waals surface area contributed by atoms with Gasteiger partial charge < -0.3 is 10.2 Å². The van der Waals surface area contributed by atoms with E-state index in [-0.39, 0.29) is 11.9 Å². The number of carbonyl (C=O) groups excluding carboxylic acids is 1. The van der Waals surface area contributed by atoms with Gasteiger partial charge in [0.2, 0.25) is 0 Å². The molecule has 0 radical (unpaired) electrons. The van der Waals surface area contributed by atoms with Crippen molar-refractivity contribution >= 4 is 34.7 Å². The zero-order chi connectivity index (χ0) is 15.5. The minimum absolute atomic E-state index is 0.0847. The Bertz CT molecular complexity index is 675. The molecule has 22 heavy (non-hydrogen) atoms. The first kappa shape index (κ1) is 15.2. The van der Waals surface area contributed by atoms with E-state index < -0.39 is 0 Å². The third-order valence-electron chi connectivity index (χ3n) is 3.81. The second kappa shape index (κ2) is 6.62. The molecule has 1 atom stereocenters. The fourth-order valence-corrected chi connectivity index (χ4v) is 3.53. The molecule has 1 saturated heterocycles. The van der Waals surface area contributed by atoms with Gasteiger partial charge in [-0.05, 0) is 43.4 Å². The fourth-order valence-electron chi connectivity index (χ4n) is 2.71. The van der Waals surface area contributed by atoms with Crippen LogP contribution in [0.25, 0.3) is 0 Å². The van der Waals surface area contributed by atoms with Gasteiger partial charge in [-0.2, -0.15) is 0 Å². The lowest BCUT2D eigenvalue weighted by Crippen LogP contribution is -2.47. The van der Waals surface area contributed by atoms with Crippen LogP contribution < -0.4 is 10.2 Å². The average Bonchev–Trinajstić information content (AvgIpc) is 2.94. The van der Waals surface area contributed by atoms with Crippen molar-refractivity contribution in [1.29, 1.82) is 0 Å². The van der Waals surface area contributed by atoms with Crippen LogP contribution in [0.1, 0.15) is 28.2 Å². The van der Waals surface area contributed by atoms with Crippen LogP contribution in [0.2, 0.25) is 5.02 Å². The third kappa shape index (κ3) is 3.23. The molecule has 0 saturated carbocycles. The van der Waals surface area contributed by atoms with Crippen LogP contribution in [0.5, 0.6) is 0 Å². The summed E-state index contributed by atoms with van der Waals surface area (Å²) in [4.78, 5) is 15.1. The van der Waals surface area contributed by atoms with E-state index in [0.717, 1.165) is 48.2 Å². The summed E-state index contributed by atoms with van der Waals surface area (Å²) in [5, 5.41) is 7.72. The first-order valence-electron chi connectivity index (χ1n) is 7.24. The van der Waals surface area contributed by atoms with Crippen LogP contribution in [-0.4, -0.2) is 34.6 Å². The molecule has 7 heteroatoms. The lowest BCUT2D eigenvalue weighted by Gasteiger charge is -2.35. The molecule has 0 unspecified atom stereocenters. The SMILES string of the molecule is Cc1nnsc1C(=O)N[C@H]1CCCN(c2ccccc2Cl)C1. The van der Waals surface area contributed by atoms with Gasteiger partial charge in [-0.25, -0.2) is 0 Å². The summed E-state index contributed by atoms with van der Waals surface area (Å²) in [6.07, 6.45) is 1.99. The van der Waals surface area contributed by atoms with Crippen LogP contribution in [0.3, 0.4) is 0 Å². The number of nitrogens with zero attached hydrogens (tertiary/aromatic N) is 3. The topological polar surface area (TPSA) is 58.1 Å². The third-order valence-corrected chi connectivity index (χ3v) is 4.95. The van der Waals surface area contributed by atoms with E-state index in [0.29, 0.717) is 10.6 Å². The van der Waals surface area contributed by atoms with E-state index >= 15 is 0 Å². The van der Waals surface area contributed by atoms with Crippen molar-refractivity contribution in [1.82, 2.24) is 14.9 Å². The molecule has 1 aromatic carbocycles. The van der Waals surface area contributed by atoms with E-state index in [4.69, 9.17) is 11.6 Å². The van der Waals surface area contributed by atoms with Crippen molar-refractivity contribution in [3.05, 3.63) is 39.9 Å². The van der Waals surface area contributed by atoms with Gasteiger partial charge in [0.1, 0.15) is 4.88 Å². The number of aromatic nitrogens is 2. The molecule has 0 aliphatic carbocycles. The van der Waals surface area contributed by atoms with Gasteiger partial charge >= 0.3 is 0 Å². The number of benzene rings is 1. The molecule has 1 aliphatic rings. The lowest BCUT2D eigenvalue weighted by atomic mass is 10.0.